The topological polar surface area (TPSA) is 34.1 Å². The molecule has 1 heterocycles. The Morgan fingerprint density at radius 1 is 1.16 bits per heavy atom. The van der Waals surface area contributed by atoms with E-state index in [0.29, 0.717) is 6.61 Å². The van der Waals surface area contributed by atoms with Gasteiger partial charge in [0.05, 0.1) is 10.2 Å². The Balaban J connectivity index is 1.69. The maximum Gasteiger partial charge on any atom is 0.133 e. The van der Waals surface area contributed by atoms with Crippen LogP contribution in [0.5, 0.6) is 5.75 Å². The average molecular weight is 386 g/mol. The molecule has 2 aromatic rings. The van der Waals surface area contributed by atoms with E-state index in [9.17, 15) is 0 Å². The van der Waals surface area contributed by atoms with Gasteiger partial charge in [-0.05, 0) is 46.3 Å². The lowest BCUT2D eigenvalue weighted by atomic mass is 10.3. The molecule has 0 atom stereocenters. The summed E-state index contributed by atoms with van der Waals surface area (Å²) in [6, 6.07) is 11.8. The van der Waals surface area contributed by atoms with E-state index in [1.807, 2.05) is 36.4 Å². The molecule has 0 aliphatic rings. The summed E-state index contributed by atoms with van der Waals surface area (Å²) in [4.78, 5) is 4.24. The van der Waals surface area contributed by atoms with Gasteiger partial charge in [0, 0.05) is 23.8 Å². The van der Waals surface area contributed by atoms with Gasteiger partial charge in [0.25, 0.3) is 0 Å². The minimum atomic E-state index is 0.618. The van der Waals surface area contributed by atoms with Crippen LogP contribution in [-0.2, 0) is 6.54 Å². The van der Waals surface area contributed by atoms with Crippen LogP contribution in [0.25, 0.3) is 0 Å². The molecule has 0 fully saturated rings. The van der Waals surface area contributed by atoms with Crippen LogP contribution in [0.15, 0.2) is 51.5 Å². The molecule has 100 valence electrons. The SMILES string of the molecule is Brc1ccc(OCCNCc2ccccn2)c(Br)c1. The van der Waals surface area contributed by atoms with Crippen LogP contribution < -0.4 is 10.1 Å². The largest absolute Gasteiger partial charge is 0.491 e. The highest BCUT2D eigenvalue weighted by molar-refractivity contribution is 9.11. The lowest BCUT2D eigenvalue weighted by molar-refractivity contribution is 0.311. The van der Waals surface area contributed by atoms with E-state index in [2.05, 4.69) is 42.2 Å². The predicted octanol–water partition coefficient (Wildman–Crippen LogP) is 3.78. The lowest BCUT2D eigenvalue weighted by Gasteiger charge is -2.09. The fourth-order valence-electron chi connectivity index (χ4n) is 1.54. The predicted molar refractivity (Wildman–Crippen MR) is 83.3 cm³/mol. The molecular weight excluding hydrogens is 372 g/mol. The Morgan fingerprint density at radius 2 is 2.05 bits per heavy atom. The normalized spacial score (nSPS) is 10.4. The van der Waals surface area contributed by atoms with E-state index in [1.54, 1.807) is 6.20 Å². The van der Waals surface area contributed by atoms with Crippen molar-refractivity contribution in [1.82, 2.24) is 10.3 Å². The van der Waals surface area contributed by atoms with Gasteiger partial charge in [-0.2, -0.15) is 0 Å². The number of aromatic nitrogens is 1. The zero-order valence-electron chi connectivity index (χ0n) is 10.3. The fraction of sp³-hybridized carbons (Fsp3) is 0.214. The zero-order chi connectivity index (χ0) is 13.5. The van der Waals surface area contributed by atoms with Gasteiger partial charge in [0.1, 0.15) is 12.4 Å². The Bertz CT molecular complexity index is 520. The van der Waals surface area contributed by atoms with Crippen molar-refractivity contribution < 1.29 is 4.74 Å². The molecule has 1 aromatic carbocycles. The van der Waals surface area contributed by atoms with Crippen LogP contribution in [0.1, 0.15) is 5.69 Å². The Kier molecular flexibility index (Phi) is 5.82. The maximum absolute atomic E-state index is 5.68. The van der Waals surface area contributed by atoms with Gasteiger partial charge in [0.2, 0.25) is 0 Å². The summed E-state index contributed by atoms with van der Waals surface area (Å²) in [6.07, 6.45) is 1.80. The molecule has 0 bridgehead atoms. The Morgan fingerprint density at radius 3 is 2.79 bits per heavy atom. The highest BCUT2D eigenvalue weighted by Crippen LogP contribution is 2.27. The Labute approximate surface area is 129 Å². The van der Waals surface area contributed by atoms with Gasteiger partial charge in [-0.25, -0.2) is 0 Å². The minimum Gasteiger partial charge on any atom is -0.491 e. The van der Waals surface area contributed by atoms with Crippen molar-refractivity contribution in [3.63, 3.8) is 0 Å². The van der Waals surface area contributed by atoms with E-state index in [-0.39, 0.29) is 0 Å². The van der Waals surface area contributed by atoms with Gasteiger partial charge >= 0.3 is 0 Å². The number of ether oxygens (including phenoxy) is 1. The number of rotatable bonds is 6. The second-order valence-corrected chi connectivity index (χ2v) is 5.69. The molecule has 1 aromatic heterocycles. The molecule has 0 spiro atoms. The summed E-state index contributed by atoms with van der Waals surface area (Å²) < 4.78 is 7.66. The van der Waals surface area contributed by atoms with Crippen LogP contribution in [0, 0.1) is 0 Å². The monoisotopic (exact) mass is 384 g/mol. The number of hydrogen-bond acceptors (Lipinski definition) is 3. The van der Waals surface area contributed by atoms with Gasteiger partial charge in [0.15, 0.2) is 0 Å². The highest BCUT2D eigenvalue weighted by atomic mass is 79.9. The first kappa shape index (κ1) is 14.5. The lowest BCUT2D eigenvalue weighted by Crippen LogP contribution is -2.21. The number of hydrogen-bond donors (Lipinski definition) is 1. The highest BCUT2D eigenvalue weighted by Gasteiger charge is 2.01. The second kappa shape index (κ2) is 7.62. The molecule has 0 unspecified atom stereocenters. The van der Waals surface area contributed by atoms with Crippen molar-refractivity contribution in [2.24, 2.45) is 0 Å². The van der Waals surface area contributed by atoms with Crippen molar-refractivity contribution in [2.75, 3.05) is 13.2 Å². The first-order valence-corrected chi connectivity index (χ1v) is 7.53. The summed E-state index contributed by atoms with van der Waals surface area (Å²) >= 11 is 6.88. The van der Waals surface area contributed by atoms with Crippen LogP contribution in [0.2, 0.25) is 0 Å². The molecule has 3 nitrogen and oxygen atoms in total. The molecular formula is C14H14Br2N2O. The summed E-state index contributed by atoms with van der Waals surface area (Å²) in [6.45, 7) is 2.15. The smallest absolute Gasteiger partial charge is 0.133 e. The van der Waals surface area contributed by atoms with E-state index in [4.69, 9.17) is 4.74 Å². The fourth-order valence-corrected chi connectivity index (χ4v) is 2.71. The van der Waals surface area contributed by atoms with Gasteiger partial charge in [-0.15, -0.1) is 0 Å². The zero-order valence-corrected chi connectivity index (χ0v) is 13.4. The number of nitrogens with zero attached hydrogens (tertiary/aromatic N) is 1. The van der Waals surface area contributed by atoms with Crippen molar-refractivity contribution in [3.05, 3.63) is 57.2 Å². The third-order valence-electron chi connectivity index (χ3n) is 2.46. The number of pyridine rings is 1. The van der Waals surface area contributed by atoms with Crippen molar-refractivity contribution >= 4 is 31.9 Å². The van der Waals surface area contributed by atoms with E-state index < -0.39 is 0 Å². The molecule has 0 aliphatic carbocycles. The second-order valence-electron chi connectivity index (χ2n) is 3.92. The molecule has 19 heavy (non-hydrogen) atoms. The standard InChI is InChI=1S/C14H14Br2N2O/c15-11-4-5-14(13(16)9-11)19-8-7-17-10-12-3-1-2-6-18-12/h1-6,9,17H,7-8,10H2. The number of halogens is 2. The molecule has 0 radical (unpaired) electrons. The van der Waals surface area contributed by atoms with Crippen LogP contribution in [-0.4, -0.2) is 18.1 Å². The van der Waals surface area contributed by atoms with E-state index >= 15 is 0 Å². The molecule has 2 rings (SSSR count). The number of benzene rings is 1. The Hall–Kier alpha value is -0.910. The molecule has 1 N–H and O–H groups in total. The third-order valence-corrected chi connectivity index (χ3v) is 3.58. The average Bonchev–Trinajstić information content (AvgIpc) is 2.42. The van der Waals surface area contributed by atoms with E-state index in [0.717, 1.165) is 33.5 Å². The summed E-state index contributed by atoms with van der Waals surface area (Å²) in [5.74, 6) is 0.850. The quantitative estimate of drug-likeness (QED) is 0.768. The molecule has 0 saturated heterocycles. The third kappa shape index (κ3) is 4.93. The van der Waals surface area contributed by atoms with Crippen LogP contribution in [0.4, 0.5) is 0 Å². The van der Waals surface area contributed by atoms with E-state index in [1.165, 1.54) is 0 Å². The summed E-state index contributed by atoms with van der Waals surface area (Å²) in [5.41, 5.74) is 1.03. The number of nitrogens with one attached hydrogen (secondary N) is 1. The van der Waals surface area contributed by atoms with Gasteiger partial charge in [-0.3, -0.25) is 4.98 Å². The van der Waals surface area contributed by atoms with Crippen LogP contribution in [0.3, 0.4) is 0 Å². The van der Waals surface area contributed by atoms with Crippen molar-refractivity contribution in [3.8, 4) is 5.75 Å². The minimum absolute atomic E-state index is 0.618. The summed E-state index contributed by atoms with van der Waals surface area (Å²) in [5, 5.41) is 3.29. The van der Waals surface area contributed by atoms with Crippen molar-refractivity contribution in [1.29, 1.82) is 0 Å². The van der Waals surface area contributed by atoms with Gasteiger partial charge in [-0.1, -0.05) is 22.0 Å². The maximum atomic E-state index is 5.68. The first-order chi connectivity index (χ1) is 9.25. The molecule has 5 heteroatoms. The molecule has 0 saturated carbocycles. The molecule has 0 amide bonds. The first-order valence-electron chi connectivity index (χ1n) is 5.94. The van der Waals surface area contributed by atoms with Crippen LogP contribution >= 0.6 is 31.9 Å². The molecule has 0 aliphatic heterocycles. The van der Waals surface area contributed by atoms with Gasteiger partial charge < -0.3 is 10.1 Å². The van der Waals surface area contributed by atoms with Crippen molar-refractivity contribution in [2.45, 2.75) is 6.54 Å². The summed E-state index contributed by atoms with van der Waals surface area (Å²) in [7, 11) is 0.